The normalized spacial score (nSPS) is 17.3. The standard InChI is InChI=1S/C42H4F12N8/c43-30-14(9(1-55)2-56)34(47)26-18-19-23(39(52)38(51)22(18)30)31(44)15(10(3-57)4-58)35(48)27(19)42(26)28-20-21-25(33(46)17(37(50)29(21)42)12(7-61)13-8-62-13)41(54)40(53)24(20)32(45)16(36(28)49)11(5-59)6-60/h8,11,13,16H/b17-12+. The van der Waals surface area contributed by atoms with Crippen molar-refractivity contribution in [3.05, 3.63) is 107 Å². The van der Waals surface area contributed by atoms with Crippen molar-refractivity contribution in [2.24, 2.45) is 16.8 Å². The maximum absolute atomic E-state index is 18.1. The van der Waals surface area contributed by atoms with E-state index < -0.39 is 191 Å². The van der Waals surface area contributed by atoms with E-state index in [1.54, 1.807) is 0 Å². The lowest BCUT2D eigenvalue weighted by Gasteiger charge is -2.35. The van der Waals surface area contributed by atoms with E-state index in [2.05, 4.69) is 4.99 Å². The van der Waals surface area contributed by atoms with Gasteiger partial charge in [-0.05, 0) is 0 Å². The summed E-state index contributed by atoms with van der Waals surface area (Å²) in [5, 5.41) is 51.2. The molecule has 0 saturated heterocycles. The van der Waals surface area contributed by atoms with Crippen LogP contribution in [-0.2, 0) is 5.41 Å². The molecule has 0 aromatic heterocycles. The van der Waals surface area contributed by atoms with Crippen molar-refractivity contribution in [2.75, 3.05) is 0 Å². The van der Waals surface area contributed by atoms with Gasteiger partial charge in [0.2, 0.25) is 0 Å². The minimum absolute atomic E-state index is 0.893. The van der Waals surface area contributed by atoms with Gasteiger partial charge in [-0.1, -0.05) is 0 Å². The molecule has 2 unspecified atom stereocenters. The molecule has 0 bridgehead atoms. The van der Waals surface area contributed by atoms with Gasteiger partial charge >= 0.3 is 0 Å². The summed E-state index contributed by atoms with van der Waals surface area (Å²) in [5.41, 5.74) is -17.1. The van der Waals surface area contributed by atoms with Crippen LogP contribution in [-0.4, -0.2) is 12.3 Å². The first kappa shape index (κ1) is 38.9. The second-order valence-electron chi connectivity index (χ2n) is 13.9. The van der Waals surface area contributed by atoms with E-state index in [0.29, 0.717) is 0 Å². The van der Waals surface area contributed by atoms with Crippen molar-refractivity contribution in [3.63, 3.8) is 0 Å². The van der Waals surface area contributed by atoms with Crippen LogP contribution in [0.3, 0.4) is 0 Å². The summed E-state index contributed by atoms with van der Waals surface area (Å²) in [6.45, 7) is 0. The first-order valence-electron chi connectivity index (χ1n) is 17.0. The van der Waals surface area contributed by atoms with Crippen LogP contribution in [0.15, 0.2) is 10.8 Å². The highest BCUT2D eigenvalue weighted by Crippen LogP contribution is 2.67. The van der Waals surface area contributed by atoms with E-state index in [-0.39, 0.29) is 0 Å². The van der Waals surface area contributed by atoms with Crippen LogP contribution in [0.2, 0.25) is 0 Å². The van der Waals surface area contributed by atoms with Crippen LogP contribution < -0.4 is 20.9 Å². The Kier molecular flexibility index (Phi) is 7.80. The largest absolute Gasteiger partial charge is 0.280 e. The van der Waals surface area contributed by atoms with Crippen molar-refractivity contribution in [2.45, 2.75) is 11.5 Å². The molecule has 1 heterocycles. The number of hydrogen-bond acceptors (Lipinski definition) is 8. The highest BCUT2D eigenvalue weighted by atomic mass is 19.2. The zero-order valence-corrected chi connectivity index (χ0v) is 29.4. The van der Waals surface area contributed by atoms with Crippen molar-refractivity contribution in [1.29, 1.82) is 36.8 Å². The van der Waals surface area contributed by atoms with Crippen LogP contribution in [0.4, 0.5) is 52.7 Å². The summed E-state index contributed by atoms with van der Waals surface area (Å²) in [5.74, 6) is -34.3. The van der Waals surface area contributed by atoms with Crippen molar-refractivity contribution < 1.29 is 52.7 Å². The van der Waals surface area contributed by atoms with Crippen LogP contribution >= 0.6 is 0 Å². The number of aliphatic imine (C=N–C) groups is 1. The van der Waals surface area contributed by atoms with Gasteiger partial charge in [-0.3, -0.25) is 4.99 Å². The van der Waals surface area contributed by atoms with Gasteiger partial charge in [-0.15, -0.1) is 0 Å². The summed E-state index contributed by atoms with van der Waals surface area (Å²) in [6, 6.07) is 6.41. The van der Waals surface area contributed by atoms with E-state index in [1.807, 2.05) is 0 Å². The first-order valence-corrected chi connectivity index (χ1v) is 17.0. The third-order valence-electron chi connectivity index (χ3n) is 11.5. The Morgan fingerprint density at radius 3 is 1.31 bits per heavy atom. The lowest BCUT2D eigenvalue weighted by Crippen LogP contribution is -2.38. The zero-order valence-electron chi connectivity index (χ0n) is 29.4. The quantitative estimate of drug-likeness (QED) is 0.160. The minimum Gasteiger partial charge on any atom is -0.280 e. The summed E-state index contributed by atoms with van der Waals surface area (Å²) in [6.07, 6.45) is 0.893. The molecular formula is C42H4F12N8. The maximum atomic E-state index is 18.1. The predicted octanol–water partition coefficient (Wildman–Crippen LogP) is 5.77. The molecule has 20 heteroatoms. The molecule has 0 saturated carbocycles. The number of nitrogens with zero attached hydrogens (tertiary/aromatic N) is 8. The van der Waals surface area contributed by atoms with Gasteiger partial charge in [-0.25, -0.2) is 52.7 Å². The zero-order chi connectivity index (χ0) is 44.9. The van der Waals surface area contributed by atoms with E-state index in [1.165, 1.54) is 18.2 Å². The van der Waals surface area contributed by atoms with Gasteiger partial charge in [0.25, 0.3) is 0 Å². The van der Waals surface area contributed by atoms with Gasteiger partial charge in [0, 0.05) is 50.2 Å². The molecule has 3 aliphatic carbocycles. The highest BCUT2D eigenvalue weighted by Gasteiger charge is 2.62. The van der Waals surface area contributed by atoms with Gasteiger partial charge in [0.05, 0.1) is 72.1 Å². The fourth-order valence-electron chi connectivity index (χ4n) is 9.19. The molecule has 9 rings (SSSR count). The fraction of sp³-hybridized carbons (Fsp3) is 0.0952. The van der Waals surface area contributed by atoms with Gasteiger partial charge in [-0.2, -0.15) is 36.8 Å². The van der Waals surface area contributed by atoms with Crippen LogP contribution in [0.25, 0.3) is 60.4 Å². The monoisotopic (exact) mass is 848 g/mol. The molecule has 1 spiro atoms. The fourth-order valence-corrected chi connectivity index (χ4v) is 9.19. The van der Waals surface area contributed by atoms with Gasteiger partial charge in [0.1, 0.15) is 93.9 Å². The predicted molar refractivity (Wildman–Crippen MR) is 185 cm³/mol. The van der Waals surface area contributed by atoms with Crippen LogP contribution in [0.5, 0.6) is 0 Å². The Hall–Kier alpha value is -8.64. The lowest BCUT2D eigenvalue weighted by atomic mass is 9.65. The molecule has 8 nitrogen and oxygen atoms in total. The van der Waals surface area contributed by atoms with Gasteiger partial charge < -0.3 is 0 Å². The van der Waals surface area contributed by atoms with E-state index in [0.717, 1.165) is 30.5 Å². The molecule has 5 aromatic carbocycles. The summed E-state index contributed by atoms with van der Waals surface area (Å²) < 4.78 is 205. The van der Waals surface area contributed by atoms with Crippen molar-refractivity contribution in [1.82, 2.24) is 0 Å². The number of fused-ring (bicyclic) bond motifs is 4. The molecular weight excluding hydrogens is 844 g/mol. The molecule has 4 aliphatic rings. The Labute approximate surface area is 333 Å². The Morgan fingerprint density at radius 1 is 0.484 bits per heavy atom. The Balaban J connectivity index is 1.80. The lowest BCUT2D eigenvalue weighted by molar-refractivity contribution is 0.443. The molecule has 0 fully saturated rings. The molecule has 1 aliphatic heterocycles. The first-order chi connectivity index (χ1) is 29.5. The summed E-state index contributed by atoms with van der Waals surface area (Å²) in [7, 11) is 0. The molecule has 2 atom stereocenters. The second kappa shape index (κ2) is 12.4. The number of allylic oxidation sites excluding steroid dienone is 2. The van der Waals surface area contributed by atoms with Gasteiger partial charge in [0.15, 0.2) is 23.3 Å². The molecule has 0 N–H and O–H groups in total. The molecule has 0 radical (unpaired) electrons. The Bertz CT molecular complexity index is 3720. The topological polar surface area (TPSA) is 179 Å². The summed E-state index contributed by atoms with van der Waals surface area (Å²) in [4.78, 5) is 3.61. The van der Waals surface area contributed by atoms with Crippen LogP contribution in [0.1, 0.15) is 22.3 Å². The molecule has 5 aromatic rings. The van der Waals surface area contributed by atoms with E-state index in [9.17, 15) is 36.8 Å². The average molecular weight is 849 g/mol. The molecule has 0 amide bonds. The second-order valence-corrected chi connectivity index (χ2v) is 13.9. The third-order valence-corrected chi connectivity index (χ3v) is 11.5. The molecule has 296 valence electrons. The van der Waals surface area contributed by atoms with Crippen LogP contribution in [0, 0.1) is 149 Å². The van der Waals surface area contributed by atoms with Crippen molar-refractivity contribution >= 4 is 66.7 Å². The Morgan fingerprint density at radius 2 is 0.887 bits per heavy atom. The number of rotatable bonds is 2. The smallest absolute Gasteiger partial charge is 0.170 e. The third kappa shape index (κ3) is 4.00. The van der Waals surface area contributed by atoms with E-state index >= 15 is 52.7 Å². The maximum Gasteiger partial charge on any atom is 0.170 e. The highest BCUT2D eigenvalue weighted by molar-refractivity contribution is 6.23. The molecule has 62 heavy (non-hydrogen) atoms. The van der Waals surface area contributed by atoms with Crippen molar-refractivity contribution in [3.8, 4) is 42.5 Å². The minimum atomic E-state index is -4.07. The number of hydrogen-bond donors (Lipinski definition) is 0. The average Bonchev–Trinajstić information content (AvgIpc) is 3.98. The summed E-state index contributed by atoms with van der Waals surface area (Å²) >= 11 is 0. The SMILES string of the molecule is N#CC(C#N)=c1c(F)c2c3c(c(F)c(F)c4c(F)c(=C(C#N)C#N)c(F)c(c43)C23C2=C(F)C(C(C#N)C#N)C(F)=c4c(F)c(F)c5c(F)/c(=C(/C#N)C6C=N6)c(F)c3c5c42)c1F. The number of benzene rings is 5. The van der Waals surface area contributed by atoms with E-state index in [4.69, 9.17) is 0 Å². The number of halogens is 12. The number of nitriles is 7.